The first kappa shape index (κ1) is 19.7. The predicted octanol–water partition coefficient (Wildman–Crippen LogP) is 0.986. The Morgan fingerprint density at radius 2 is 1.85 bits per heavy atom. The van der Waals surface area contributed by atoms with Crippen LogP contribution < -0.4 is 5.32 Å². The molecule has 1 fully saturated rings. The molecule has 1 N–H and O–H groups in total. The van der Waals surface area contributed by atoms with Crippen molar-refractivity contribution in [3.05, 3.63) is 36.5 Å². The van der Waals surface area contributed by atoms with E-state index >= 15 is 0 Å². The number of nitrogens with zero attached hydrogens (tertiary/aromatic N) is 4. The average Bonchev–Trinajstić information content (AvgIpc) is 2.67. The summed E-state index contributed by atoms with van der Waals surface area (Å²) in [5.41, 5.74) is 1.55. The van der Waals surface area contributed by atoms with Crippen LogP contribution in [0.25, 0.3) is 10.9 Å². The van der Waals surface area contributed by atoms with Gasteiger partial charge in [0.2, 0.25) is 5.91 Å². The van der Waals surface area contributed by atoms with E-state index in [-0.39, 0.29) is 11.9 Å². The summed E-state index contributed by atoms with van der Waals surface area (Å²) in [4.78, 5) is 19.0. The number of piperazine rings is 1. The number of anilines is 1. The minimum atomic E-state index is -3.41. The van der Waals surface area contributed by atoms with Crippen LogP contribution in [0.2, 0.25) is 0 Å². The third-order valence-corrected chi connectivity index (χ3v) is 6.83. The van der Waals surface area contributed by atoms with Gasteiger partial charge in [-0.25, -0.2) is 0 Å². The van der Waals surface area contributed by atoms with Gasteiger partial charge in [0.15, 0.2) is 0 Å². The number of amides is 1. The molecular weight excluding hydrogens is 366 g/mol. The fraction of sp³-hybridized carbons (Fsp3) is 0.444. The van der Waals surface area contributed by atoms with Crippen molar-refractivity contribution in [1.82, 2.24) is 18.5 Å². The lowest BCUT2D eigenvalue weighted by molar-refractivity contribution is -0.121. The summed E-state index contributed by atoms with van der Waals surface area (Å²) in [5.74, 6) is -0.115. The molecule has 9 heteroatoms. The van der Waals surface area contributed by atoms with Crippen LogP contribution in [0, 0.1) is 0 Å². The van der Waals surface area contributed by atoms with Gasteiger partial charge in [-0.3, -0.25) is 14.7 Å². The molecule has 1 aliphatic rings. The number of hydrogen-bond donors (Lipinski definition) is 1. The minimum Gasteiger partial charge on any atom is -0.324 e. The summed E-state index contributed by atoms with van der Waals surface area (Å²) in [5, 5.41) is 3.87. The van der Waals surface area contributed by atoms with Gasteiger partial charge in [0.25, 0.3) is 10.2 Å². The smallest absolute Gasteiger partial charge is 0.281 e. The molecule has 1 atom stereocenters. The summed E-state index contributed by atoms with van der Waals surface area (Å²) >= 11 is 0. The molecule has 8 nitrogen and oxygen atoms in total. The number of fused-ring (bicyclic) bond motifs is 1. The van der Waals surface area contributed by atoms with Crippen molar-refractivity contribution in [1.29, 1.82) is 0 Å². The Balaban J connectivity index is 1.65. The largest absolute Gasteiger partial charge is 0.324 e. The molecule has 0 saturated carbocycles. The first-order valence-electron chi connectivity index (χ1n) is 8.87. The van der Waals surface area contributed by atoms with Gasteiger partial charge in [0, 0.05) is 51.9 Å². The highest BCUT2D eigenvalue weighted by molar-refractivity contribution is 7.86. The molecule has 1 saturated heterocycles. The van der Waals surface area contributed by atoms with Gasteiger partial charge in [0.1, 0.15) is 0 Å². The number of nitrogens with one attached hydrogen (secondary N) is 1. The first-order valence-corrected chi connectivity index (χ1v) is 10.3. The summed E-state index contributed by atoms with van der Waals surface area (Å²) in [7, 11) is -0.360. The highest BCUT2D eigenvalue weighted by Gasteiger charge is 2.31. The number of aromatic nitrogens is 1. The molecular formula is C18H25N5O3S. The first-order chi connectivity index (χ1) is 12.8. The highest BCUT2D eigenvalue weighted by Crippen LogP contribution is 2.22. The second kappa shape index (κ2) is 7.89. The Kier molecular flexibility index (Phi) is 5.75. The van der Waals surface area contributed by atoms with Crippen LogP contribution in [0.15, 0.2) is 36.5 Å². The van der Waals surface area contributed by atoms with Crippen LogP contribution in [-0.2, 0) is 15.0 Å². The quantitative estimate of drug-likeness (QED) is 0.821. The number of hydrogen-bond acceptors (Lipinski definition) is 5. The van der Waals surface area contributed by atoms with Gasteiger partial charge in [-0.1, -0.05) is 6.07 Å². The zero-order valence-electron chi connectivity index (χ0n) is 15.8. The third kappa shape index (κ3) is 4.11. The third-order valence-electron chi connectivity index (χ3n) is 4.89. The van der Waals surface area contributed by atoms with Gasteiger partial charge >= 0.3 is 0 Å². The Bertz CT molecular complexity index is 918. The Morgan fingerprint density at radius 1 is 1.15 bits per heavy atom. The van der Waals surface area contributed by atoms with Crippen molar-refractivity contribution >= 4 is 32.7 Å². The second-order valence-corrected chi connectivity index (χ2v) is 8.91. The van der Waals surface area contributed by atoms with E-state index in [4.69, 9.17) is 0 Å². The van der Waals surface area contributed by atoms with Crippen LogP contribution in [0.3, 0.4) is 0 Å². The summed E-state index contributed by atoms with van der Waals surface area (Å²) in [6.45, 7) is 3.61. The van der Waals surface area contributed by atoms with Crippen LogP contribution in [0.5, 0.6) is 0 Å². The number of benzene rings is 1. The van der Waals surface area contributed by atoms with Gasteiger partial charge in [-0.15, -0.1) is 0 Å². The zero-order chi connectivity index (χ0) is 19.6. The van der Waals surface area contributed by atoms with E-state index in [9.17, 15) is 13.2 Å². The summed E-state index contributed by atoms with van der Waals surface area (Å²) in [6.07, 6.45) is 1.72. The number of rotatable bonds is 5. The SMILES string of the molecule is CC(C(=O)Nc1cccc2ncccc12)N1CCN(S(=O)(=O)N(C)C)CC1. The van der Waals surface area contributed by atoms with Crippen LogP contribution >= 0.6 is 0 Å². The average molecular weight is 391 g/mol. The maximum absolute atomic E-state index is 12.7. The maximum atomic E-state index is 12.7. The zero-order valence-corrected chi connectivity index (χ0v) is 16.6. The molecule has 1 aromatic carbocycles. The standard InChI is InChI=1S/C18H25N5O3S/c1-14(22-10-12-23(13-11-22)27(25,26)21(2)3)18(24)20-17-8-4-7-16-15(17)6-5-9-19-16/h4-9,14H,10-13H2,1-3H3,(H,20,24). The van der Waals surface area contributed by atoms with E-state index in [1.165, 1.54) is 22.7 Å². The molecule has 0 aliphatic carbocycles. The summed E-state index contributed by atoms with van der Waals surface area (Å²) in [6, 6.07) is 9.02. The van der Waals surface area contributed by atoms with Crippen molar-refractivity contribution in [2.45, 2.75) is 13.0 Å². The Morgan fingerprint density at radius 3 is 2.52 bits per heavy atom. The monoisotopic (exact) mass is 391 g/mol. The fourth-order valence-corrected chi connectivity index (χ4v) is 4.25. The van der Waals surface area contributed by atoms with Crippen molar-refractivity contribution in [2.75, 3.05) is 45.6 Å². The molecule has 1 aliphatic heterocycles. The Labute approximate surface area is 159 Å². The lowest BCUT2D eigenvalue weighted by Gasteiger charge is -2.37. The second-order valence-electron chi connectivity index (χ2n) is 6.77. The van der Waals surface area contributed by atoms with Crippen molar-refractivity contribution in [3.63, 3.8) is 0 Å². The molecule has 0 spiro atoms. The van der Waals surface area contributed by atoms with Gasteiger partial charge in [-0.2, -0.15) is 17.0 Å². The number of carbonyl (C=O) groups is 1. The Hall–Kier alpha value is -2.07. The van der Waals surface area contributed by atoms with Crippen LogP contribution in [0.1, 0.15) is 6.92 Å². The predicted molar refractivity (Wildman–Crippen MR) is 106 cm³/mol. The molecule has 1 unspecified atom stereocenters. The number of carbonyl (C=O) groups excluding carboxylic acids is 1. The van der Waals surface area contributed by atoms with Crippen LogP contribution in [0.4, 0.5) is 5.69 Å². The molecule has 2 aromatic rings. The van der Waals surface area contributed by atoms with Gasteiger partial charge in [0.05, 0.1) is 17.2 Å². The maximum Gasteiger partial charge on any atom is 0.281 e. The van der Waals surface area contributed by atoms with Gasteiger partial charge < -0.3 is 5.32 Å². The van der Waals surface area contributed by atoms with E-state index < -0.39 is 10.2 Å². The van der Waals surface area contributed by atoms with Gasteiger partial charge in [-0.05, 0) is 31.2 Å². The summed E-state index contributed by atoms with van der Waals surface area (Å²) < 4.78 is 27.1. The van der Waals surface area contributed by atoms with E-state index in [1.54, 1.807) is 6.20 Å². The number of pyridine rings is 1. The van der Waals surface area contributed by atoms with E-state index in [1.807, 2.05) is 42.2 Å². The van der Waals surface area contributed by atoms with E-state index in [2.05, 4.69) is 10.3 Å². The molecule has 0 bridgehead atoms. The lowest BCUT2D eigenvalue weighted by atomic mass is 10.1. The fourth-order valence-electron chi connectivity index (χ4n) is 3.17. The van der Waals surface area contributed by atoms with E-state index in [0.717, 1.165) is 16.6 Å². The van der Waals surface area contributed by atoms with E-state index in [0.29, 0.717) is 26.2 Å². The van der Waals surface area contributed by atoms with Crippen LogP contribution in [-0.4, -0.2) is 79.1 Å². The van der Waals surface area contributed by atoms with Crippen molar-refractivity contribution < 1.29 is 13.2 Å². The molecule has 1 amide bonds. The van der Waals surface area contributed by atoms with Crippen molar-refractivity contribution in [2.24, 2.45) is 0 Å². The van der Waals surface area contributed by atoms with Crippen molar-refractivity contribution in [3.8, 4) is 0 Å². The molecule has 2 heterocycles. The lowest BCUT2D eigenvalue weighted by Crippen LogP contribution is -2.55. The molecule has 146 valence electrons. The molecule has 3 rings (SSSR count). The topological polar surface area (TPSA) is 85.9 Å². The highest BCUT2D eigenvalue weighted by atomic mass is 32.2. The normalized spacial score (nSPS) is 17.9. The minimum absolute atomic E-state index is 0.115. The molecule has 0 radical (unpaired) electrons. The molecule has 1 aromatic heterocycles. The molecule has 27 heavy (non-hydrogen) atoms.